The van der Waals surface area contributed by atoms with Gasteiger partial charge in [0, 0.05) is 17.5 Å². The number of pyridine rings is 1. The third-order valence-corrected chi connectivity index (χ3v) is 4.51. The first-order chi connectivity index (χ1) is 9.78. The van der Waals surface area contributed by atoms with Gasteiger partial charge in [0.25, 0.3) is 0 Å². The number of esters is 1. The minimum Gasteiger partial charge on any atom is -0.468 e. The highest BCUT2D eigenvalue weighted by molar-refractivity contribution is 7.99. The number of thioether (sulfide) groups is 1. The van der Waals surface area contributed by atoms with Crippen LogP contribution in [0.3, 0.4) is 0 Å². The van der Waals surface area contributed by atoms with Crippen LogP contribution < -0.4 is 5.32 Å². The number of ether oxygens (including phenoxy) is 1. The highest BCUT2D eigenvalue weighted by atomic mass is 35.5. The predicted molar refractivity (Wildman–Crippen MR) is 87.9 cm³/mol. The Morgan fingerprint density at radius 1 is 1.52 bits per heavy atom. The Morgan fingerprint density at radius 3 is 2.71 bits per heavy atom. The molecule has 6 heteroatoms. The molecule has 0 aliphatic carbocycles. The van der Waals surface area contributed by atoms with Gasteiger partial charge in [-0.15, -0.1) is 11.8 Å². The lowest BCUT2D eigenvalue weighted by molar-refractivity contribution is -0.148. The van der Waals surface area contributed by atoms with Crippen molar-refractivity contribution in [2.45, 2.75) is 56.0 Å². The van der Waals surface area contributed by atoms with Gasteiger partial charge in [-0.2, -0.15) is 0 Å². The van der Waals surface area contributed by atoms with Crippen LogP contribution in [0.1, 0.15) is 34.1 Å². The summed E-state index contributed by atoms with van der Waals surface area (Å²) in [4.78, 5) is 16.4. The average Bonchev–Trinajstić information content (AvgIpc) is 2.39. The highest BCUT2D eigenvalue weighted by Gasteiger charge is 2.36. The summed E-state index contributed by atoms with van der Waals surface area (Å²) in [7, 11) is 1.41. The fourth-order valence-corrected chi connectivity index (χ4v) is 3.68. The SMILES string of the molecule is COC(=O)C(C)(CC(C)Sc1ncccc1Cl)NC(C)C. The van der Waals surface area contributed by atoms with Crippen molar-refractivity contribution in [2.24, 2.45) is 0 Å². The molecule has 1 heterocycles. The summed E-state index contributed by atoms with van der Waals surface area (Å²) in [5.41, 5.74) is -0.726. The van der Waals surface area contributed by atoms with Gasteiger partial charge in [-0.3, -0.25) is 10.1 Å². The minimum absolute atomic E-state index is 0.160. The third kappa shape index (κ3) is 5.49. The molecule has 0 saturated carbocycles. The molecule has 0 saturated heterocycles. The Balaban J connectivity index is 2.79. The van der Waals surface area contributed by atoms with E-state index in [1.165, 1.54) is 7.11 Å². The van der Waals surface area contributed by atoms with E-state index < -0.39 is 5.54 Å². The number of carbonyl (C=O) groups excluding carboxylic acids is 1. The third-order valence-electron chi connectivity index (χ3n) is 2.98. The summed E-state index contributed by atoms with van der Waals surface area (Å²) in [6, 6.07) is 3.80. The van der Waals surface area contributed by atoms with Crippen molar-refractivity contribution in [3.63, 3.8) is 0 Å². The van der Waals surface area contributed by atoms with Crippen LogP contribution >= 0.6 is 23.4 Å². The Hall–Kier alpha value is -0.780. The molecule has 0 aliphatic heterocycles. The number of aromatic nitrogens is 1. The molecule has 1 N–H and O–H groups in total. The monoisotopic (exact) mass is 330 g/mol. The summed E-state index contributed by atoms with van der Waals surface area (Å²) in [5.74, 6) is -0.254. The molecule has 1 aromatic rings. The van der Waals surface area contributed by atoms with Crippen molar-refractivity contribution in [1.82, 2.24) is 10.3 Å². The number of methoxy groups -OCH3 is 1. The van der Waals surface area contributed by atoms with E-state index in [2.05, 4.69) is 17.2 Å². The lowest BCUT2D eigenvalue weighted by atomic mass is 9.95. The summed E-state index contributed by atoms with van der Waals surface area (Å²) in [5, 5.41) is 4.87. The highest BCUT2D eigenvalue weighted by Crippen LogP contribution is 2.32. The number of carbonyl (C=O) groups is 1. The molecule has 2 atom stereocenters. The zero-order chi connectivity index (χ0) is 16.0. The second-order valence-corrected chi connectivity index (χ2v) is 7.38. The van der Waals surface area contributed by atoms with E-state index in [1.54, 1.807) is 24.0 Å². The number of hydrogen-bond donors (Lipinski definition) is 1. The zero-order valence-corrected chi connectivity index (χ0v) is 14.7. The van der Waals surface area contributed by atoms with Gasteiger partial charge in [0.15, 0.2) is 0 Å². The molecule has 0 fully saturated rings. The Labute approximate surface area is 136 Å². The van der Waals surface area contributed by atoms with Gasteiger partial charge < -0.3 is 4.74 Å². The van der Waals surface area contributed by atoms with Crippen LogP contribution in [0, 0.1) is 0 Å². The van der Waals surface area contributed by atoms with Crippen molar-refractivity contribution in [1.29, 1.82) is 0 Å². The summed E-state index contributed by atoms with van der Waals surface area (Å²) in [6.45, 7) is 7.94. The molecular formula is C15H23ClN2O2S. The fourth-order valence-electron chi connectivity index (χ4n) is 2.33. The van der Waals surface area contributed by atoms with E-state index in [-0.39, 0.29) is 17.3 Å². The summed E-state index contributed by atoms with van der Waals surface area (Å²) >= 11 is 7.68. The summed E-state index contributed by atoms with van der Waals surface area (Å²) in [6.07, 6.45) is 2.34. The minimum atomic E-state index is -0.726. The predicted octanol–water partition coefficient (Wildman–Crippen LogP) is 3.54. The molecule has 0 aromatic carbocycles. The molecule has 1 aromatic heterocycles. The Morgan fingerprint density at radius 2 is 2.19 bits per heavy atom. The number of rotatable bonds is 7. The number of nitrogens with zero attached hydrogens (tertiary/aromatic N) is 1. The average molecular weight is 331 g/mol. The molecule has 4 nitrogen and oxygen atoms in total. The van der Waals surface area contributed by atoms with Crippen LogP contribution in [0.25, 0.3) is 0 Å². The van der Waals surface area contributed by atoms with Crippen molar-refractivity contribution in [2.75, 3.05) is 7.11 Å². The van der Waals surface area contributed by atoms with Crippen LogP contribution in [0.4, 0.5) is 0 Å². The lowest BCUT2D eigenvalue weighted by Crippen LogP contribution is -2.54. The summed E-state index contributed by atoms with van der Waals surface area (Å²) < 4.78 is 4.94. The van der Waals surface area contributed by atoms with Gasteiger partial charge in [0.05, 0.1) is 12.1 Å². The quantitative estimate of drug-likeness (QED) is 0.612. The second-order valence-electron chi connectivity index (χ2n) is 5.55. The van der Waals surface area contributed by atoms with Crippen molar-refractivity contribution in [3.05, 3.63) is 23.4 Å². The van der Waals surface area contributed by atoms with E-state index in [9.17, 15) is 4.79 Å². The van der Waals surface area contributed by atoms with Gasteiger partial charge in [0.1, 0.15) is 10.6 Å². The number of halogens is 1. The Kier molecular flexibility index (Phi) is 6.97. The lowest BCUT2D eigenvalue weighted by Gasteiger charge is -2.32. The normalized spacial score (nSPS) is 15.6. The van der Waals surface area contributed by atoms with Crippen molar-refractivity contribution >= 4 is 29.3 Å². The van der Waals surface area contributed by atoms with E-state index in [1.807, 2.05) is 26.8 Å². The van der Waals surface area contributed by atoms with Gasteiger partial charge in [-0.05, 0) is 39.3 Å². The maximum Gasteiger partial charge on any atom is 0.325 e. The van der Waals surface area contributed by atoms with Gasteiger partial charge in [-0.1, -0.05) is 18.5 Å². The molecule has 0 amide bonds. The molecule has 0 bridgehead atoms. The van der Waals surface area contributed by atoms with Crippen molar-refractivity contribution < 1.29 is 9.53 Å². The first-order valence-corrected chi connectivity index (χ1v) is 8.17. The standard InChI is InChI=1S/C15H23ClN2O2S/c1-10(2)18-15(4,14(19)20-5)9-11(3)21-13-12(16)7-6-8-17-13/h6-8,10-11,18H,9H2,1-5H3. The molecule has 0 aliphatic rings. The fraction of sp³-hybridized carbons (Fsp3) is 0.600. The van der Waals surface area contributed by atoms with Crippen LogP contribution in [0.2, 0.25) is 5.02 Å². The molecule has 2 unspecified atom stereocenters. The van der Waals surface area contributed by atoms with E-state index in [0.717, 1.165) is 5.03 Å². The molecule has 0 spiro atoms. The molecular weight excluding hydrogens is 308 g/mol. The van der Waals surface area contributed by atoms with Crippen molar-refractivity contribution in [3.8, 4) is 0 Å². The smallest absolute Gasteiger partial charge is 0.325 e. The van der Waals surface area contributed by atoms with E-state index in [0.29, 0.717) is 11.4 Å². The molecule has 118 valence electrons. The van der Waals surface area contributed by atoms with E-state index in [4.69, 9.17) is 16.3 Å². The number of hydrogen-bond acceptors (Lipinski definition) is 5. The van der Waals surface area contributed by atoms with Crippen LogP contribution in [-0.2, 0) is 9.53 Å². The zero-order valence-electron chi connectivity index (χ0n) is 13.1. The second kappa shape index (κ2) is 8.01. The van der Waals surface area contributed by atoms with E-state index >= 15 is 0 Å². The van der Waals surface area contributed by atoms with Gasteiger partial charge >= 0.3 is 5.97 Å². The van der Waals surface area contributed by atoms with Gasteiger partial charge in [-0.25, -0.2) is 4.98 Å². The van der Waals surface area contributed by atoms with Gasteiger partial charge in [0.2, 0.25) is 0 Å². The maximum absolute atomic E-state index is 12.1. The molecule has 21 heavy (non-hydrogen) atoms. The number of nitrogens with one attached hydrogen (secondary N) is 1. The maximum atomic E-state index is 12.1. The Bertz CT molecular complexity index is 484. The first kappa shape index (κ1) is 18.3. The largest absolute Gasteiger partial charge is 0.468 e. The first-order valence-electron chi connectivity index (χ1n) is 6.91. The molecule has 1 rings (SSSR count). The van der Waals surface area contributed by atoms with Crippen LogP contribution in [0.15, 0.2) is 23.4 Å². The topological polar surface area (TPSA) is 51.2 Å². The van der Waals surface area contributed by atoms with Crippen LogP contribution in [0.5, 0.6) is 0 Å². The van der Waals surface area contributed by atoms with Crippen LogP contribution in [-0.4, -0.2) is 34.9 Å². The molecule has 0 radical (unpaired) electrons.